The number of hydrogen-bond acceptors (Lipinski definition) is 5. The maximum atomic E-state index is 12.4. The first kappa shape index (κ1) is 19.9. The Morgan fingerprint density at radius 3 is 2.26 bits per heavy atom. The van der Waals surface area contributed by atoms with Crippen LogP contribution in [0, 0.1) is 0 Å². The quantitative estimate of drug-likeness (QED) is 0.762. The molecule has 1 atom stereocenters. The largest absolute Gasteiger partial charge is 0.367 e. The molecule has 5 nitrogen and oxygen atoms in total. The minimum absolute atomic E-state index is 0.0308. The van der Waals surface area contributed by atoms with Crippen molar-refractivity contribution in [3.05, 3.63) is 54.1 Å². The van der Waals surface area contributed by atoms with Crippen molar-refractivity contribution in [3.63, 3.8) is 0 Å². The lowest BCUT2D eigenvalue weighted by Crippen LogP contribution is -2.41. The molecule has 1 heterocycles. The summed E-state index contributed by atoms with van der Waals surface area (Å²) in [5, 5.41) is 0. The fourth-order valence-electron chi connectivity index (χ4n) is 3.68. The monoisotopic (exact) mass is 407 g/mol. The van der Waals surface area contributed by atoms with Crippen LogP contribution in [0.4, 0.5) is 5.69 Å². The van der Waals surface area contributed by atoms with Crippen LogP contribution in [0.1, 0.15) is 24.8 Å². The molecule has 1 saturated heterocycles. The van der Waals surface area contributed by atoms with Crippen LogP contribution >= 0.6 is 0 Å². The van der Waals surface area contributed by atoms with Gasteiger partial charge >= 0.3 is 0 Å². The first-order chi connectivity index (χ1) is 12.7. The number of sulfone groups is 2. The van der Waals surface area contributed by atoms with E-state index in [1.54, 1.807) is 6.07 Å². The predicted octanol–water partition coefficient (Wildman–Crippen LogP) is 3.10. The van der Waals surface area contributed by atoms with Gasteiger partial charge in [0.05, 0.1) is 15.5 Å². The minimum atomic E-state index is -3.57. The smallest absolute Gasteiger partial charge is 0.177 e. The van der Waals surface area contributed by atoms with Gasteiger partial charge in [0.1, 0.15) is 0 Å². The second kappa shape index (κ2) is 7.64. The molecule has 1 unspecified atom stereocenters. The molecule has 146 valence electrons. The fraction of sp³-hybridized carbons (Fsp3) is 0.400. The van der Waals surface area contributed by atoms with Crippen molar-refractivity contribution in [3.8, 4) is 0 Å². The van der Waals surface area contributed by atoms with Crippen molar-refractivity contribution in [1.29, 1.82) is 0 Å². The highest BCUT2D eigenvalue weighted by molar-refractivity contribution is 7.91. The Labute approximate surface area is 161 Å². The summed E-state index contributed by atoms with van der Waals surface area (Å²) in [5.41, 5.74) is 1.81. The normalized spacial score (nSPS) is 18.4. The van der Waals surface area contributed by atoms with Gasteiger partial charge in [0.15, 0.2) is 19.7 Å². The lowest BCUT2D eigenvalue weighted by atomic mass is 9.95. The SMILES string of the molecule is CS(=O)(=O)c1ccc(N2CCCCC2Cc2ccccc2)c(S(C)(=O)=O)c1. The van der Waals surface area contributed by atoms with Crippen LogP contribution < -0.4 is 4.90 Å². The summed E-state index contributed by atoms with van der Waals surface area (Å²) < 4.78 is 48.6. The molecule has 27 heavy (non-hydrogen) atoms. The van der Waals surface area contributed by atoms with E-state index in [0.29, 0.717) is 5.69 Å². The van der Waals surface area contributed by atoms with Gasteiger partial charge in [-0.1, -0.05) is 30.3 Å². The Morgan fingerprint density at radius 1 is 0.926 bits per heavy atom. The number of hydrogen-bond donors (Lipinski definition) is 0. The van der Waals surface area contributed by atoms with Crippen molar-refractivity contribution < 1.29 is 16.8 Å². The van der Waals surface area contributed by atoms with E-state index < -0.39 is 19.7 Å². The molecule has 0 bridgehead atoms. The van der Waals surface area contributed by atoms with E-state index in [-0.39, 0.29) is 15.8 Å². The van der Waals surface area contributed by atoms with Gasteiger partial charge in [-0.05, 0) is 49.4 Å². The Morgan fingerprint density at radius 2 is 1.63 bits per heavy atom. The Bertz CT molecular complexity index is 1020. The van der Waals surface area contributed by atoms with Gasteiger partial charge in [0, 0.05) is 25.1 Å². The maximum Gasteiger partial charge on any atom is 0.177 e. The first-order valence-electron chi connectivity index (χ1n) is 9.01. The average Bonchev–Trinajstić information content (AvgIpc) is 2.61. The highest BCUT2D eigenvalue weighted by Gasteiger charge is 2.28. The first-order valence-corrected chi connectivity index (χ1v) is 12.8. The predicted molar refractivity (Wildman–Crippen MR) is 108 cm³/mol. The molecule has 0 aliphatic carbocycles. The van der Waals surface area contributed by atoms with Gasteiger partial charge in [0.25, 0.3) is 0 Å². The Kier molecular flexibility index (Phi) is 5.63. The van der Waals surface area contributed by atoms with E-state index >= 15 is 0 Å². The molecule has 0 saturated carbocycles. The molecule has 1 aliphatic rings. The second-order valence-corrected chi connectivity index (χ2v) is 11.2. The molecule has 3 rings (SSSR count). The third-order valence-corrected chi connectivity index (χ3v) is 7.25. The summed E-state index contributed by atoms with van der Waals surface area (Å²) in [6.45, 7) is 0.762. The van der Waals surface area contributed by atoms with Gasteiger partial charge in [-0.25, -0.2) is 16.8 Å². The molecule has 2 aromatic rings. The Balaban J connectivity index is 2.04. The maximum absolute atomic E-state index is 12.4. The highest BCUT2D eigenvalue weighted by atomic mass is 32.2. The third kappa shape index (κ3) is 4.71. The standard InChI is InChI=1S/C20H25NO4S2/c1-26(22,23)18-11-12-19(20(15-18)27(2,24)25)21-13-7-6-10-17(21)14-16-8-4-3-5-9-16/h3-5,8-9,11-12,15,17H,6-7,10,13-14H2,1-2H3. The average molecular weight is 408 g/mol. The van der Waals surface area contributed by atoms with Crippen molar-refractivity contribution in [1.82, 2.24) is 0 Å². The summed E-state index contributed by atoms with van der Waals surface area (Å²) in [7, 11) is -7.05. The second-order valence-electron chi connectivity index (χ2n) is 7.21. The zero-order chi connectivity index (χ0) is 19.7. The van der Waals surface area contributed by atoms with Gasteiger partial charge in [-0.3, -0.25) is 0 Å². The van der Waals surface area contributed by atoms with Gasteiger partial charge in [-0.2, -0.15) is 0 Å². The van der Waals surface area contributed by atoms with Crippen LogP contribution in [0.25, 0.3) is 0 Å². The van der Waals surface area contributed by atoms with E-state index in [2.05, 4.69) is 17.0 Å². The number of anilines is 1. The van der Waals surface area contributed by atoms with Crippen LogP contribution in [-0.2, 0) is 26.1 Å². The molecule has 0 N–H and O–H groups in total. The lowest BCUT2D eigenvalue weighted by Gasteiger charge is -2.38. The van der Waals surface area contributed by atoms with E-state index in [4.69, 9.17) is 0 Å². The zero-order valence-corrected chi connectivity index (χ0v) is 17.3. The van der Waals surface area contributed by atoms with Crippen molar-refractivity contribution in [2.45, 2.75) is 41.5 Å². The summed E-state index contributed by atoms with van der Waals surface area (Å²) in [6, 6.07) is 14.8. The molecule has 0 amide bonds. The van der Waals surface area contributed by atoms with Crippen LogP contribution in [0.3, 0.4) is 0 Å². The van der Waals surface area contributed by atoms with E-state index in [1.165, 1.54) is 17.7 Å². The van der Waals surface area contributed by atoms with Crippen LogP contribution in [0.2, 0.25) is 0 Å². The van der Waals surface area contributed by atoms with Crippen LogP contribution in [0.15, 0.2) is 58.3 Å². The molecule has 1 aliphatic heterocycles. The molecular weight excluding hydrogens is 382 g/mol. The van der Waals surface area contributed by atoms with Gasteiger partial charge in [-0.15, -0.1) is 0 Å². The van der Waals surface area contributed by atoms with Crippen LogP contribution in [0.5, 0.6) is 0 Å². The number of rotatable bonds is 5. The number of benzene rings is 2. The summed E-state index contributed by atoms with van der Waals surface area (Å²) in [5.74, 6) is 0. The number of piperidine rings is 1. The summed E-state index contributed by atoms with van der Waals surface area (Å²) in [4.78, 5) is 2.26. The van der Waals surface area contributed by atoms with E-state index in [1.807, 2.05) is 18.2 Å². The van der Waals surface area contributed by atoms with Crippen molar-refractivity contribution in [2.24, 2.45) is 0 Å². The molecule has 0 aromatic heterocycles. The molecule has 0 spiro atoms. The Hall–Kier alpha value is -1.86. The van der Waals surface area contributed by atoms with Crippen LogP contribution in [-0.4, -0.2) is 41.9 Å². The molecule has 0 radical (unpaired) electrons. The topological polar surface area (TPSA) is 71.5 Å². The fourth-order valence-corrected chi connectivity index (χ4v) is 5.30. The zero-order valence-electron chi connectivity index (χ0n) is 15.6. The number of nitrogens with zero attached hydrogens (tertiary/aromatic N) is 1. The lowest BCUT2D eigenvalue weighted by molar-refractivity contribution is 0.454. The third-order valence-electron chi connectivity index (χ3n) is 5.01. The van der Waals surface area contributed by atoms with Gasteiger partial charge < -0.3 is 4.90 Å². The summed E-state index contributed by atoms with van der Waals surface area (Å²) in [6.07, 6.45) is 6.12. The van der Waals surface area contributed by atoms with Crippen molar-refractivity contribution in [2.75, 3.05) is 24.0 Å². The van der Waals surface area contributed by atoms with E-state index in [0.717, 1.165) is 44.7 Å². The molecular formula is C20H25NO4S2. The van der Waals surface area contributed by atoms with Gasteiger partial charge in [0.2, 0.25) is 0 Å². The highest BCUT2D eigenvalue weighted by Crippen LogP contribution is 2.33. The summed E-state index contributed by atoms with van der Waals surface area (Å²) >= 11 is 0. The molecule has 7 heteroatoms. The van der Waals surface area contributed by atoms with Crippen molar-refractivity contribution >= 4 is 25.4 Å². The molecule has 2 aromatic carbocycles. The van der Waals surface area contributed by atoms with E-state index in [9.17, 15) is 16.8 Å². The minimum Gasteiger partial charge on any atom is -0.367 e. The molecule has 1 fully saturated rings.